The van der Waals surface area contributed by atoms with Crippen LogP contribution in [0.25, 0.3) is 0 Å². The second-order valence-electron chi connectivity index (χ2n) is 4.34. The molecule has 1 amide bonds. The minimum absolute atomic E-state index is 0.0237. The lowest BCUT2D eigenvalue weighted by atomic mass is 9.98. The maximum Gasteiger partial charge on any atom is 0.396 e. The van der Waals surface area contributed by atoms with Crippen molar-refractivity contribution in [3.8, 4) is 0 Å². The standard InChI is InChI=1S/C11H17NO4/c1-2-16-11(14)10(13)12-9-6-15-5-8(9)7-3-4-7/h7-9H,2-6H2,1H3,(H,12,13). The van der Waals surface area contributed by atoms with Gasteiger partial charge < -0.3 is 14.8 Å². The van der Waals surface area contributed by atoms with Crippen LogP contribution in [0.15, 0.2) is 0 Å². The average Bonchev–Trinajstić information content (AvgIpc) is 3.00. The number of ether oxygens (including phenoxy) is 2. The lowest BCUT2D eigenvalue weighted by molar-refractivity contribution is -0.155. The Bertz CT molecular complexity index is 288. The molecule has 1 saturated heterocycles. The van der Waals surface area contributed by atoms with Crippen LogP contribution in [0.4, 0.5) is 0 Å². The number of hydrogen-bond donors (Lipinski definition) is 1. The van der Waals surface area contributed by atoms with E-state index in [1.165, 1.54) is 12.8 Å². The number of hydrogen-bond acceptors (Lipinski definition) is 4. The lowest BCUT2D eigenvalue weighted by Gasteiger charge is -2.17. The highest BCUT2D eigenvalue weighted by Gasteiger charge is 2.41. The van der Waals surface area contributed by atoms with Crippen molar-refractivity contribution in [1.29, 1.82) is 0 Å². The van der Waals surface area contributed by atoms with Crippen LogP contribution in [-0.2, 0) is 19.1 Å². The van der Waals surface area contributed by atoms with Crippen LogP contribution < -0.4 is 5.32 Å². The zero-order valence-electron chi connectivity index (χ0n) is 9.40. The van der Waals surface area contributed by atoms with Gasteiger partial charge in [-0.05, 0) is 25.7 Å². The molecule has 2 rings (SSSR count). The summed E-state index contributed by atoms with van der Waals surface area (Å²) in [6.45, 7) is 3.10. The van der Waals surface area contributed by atoms with Crippen LogP contribution in [0, 0.1) is 11.8 Å². The number of carbonyl (C=O) groups excluding carboxylic acids is 2. The molecule has 1 aliphatic carbocycles. The molecule has 0 bridgehead atoms. The van der Waals surface area contributed by atoms with Crippen LogP contribution in [0.2, 0.25) is 0 Å². The maximum absolute atomic E-state index is 11.4. The molecule has 5 heteroatoms. The van der Waals surface area contributed by atoms with Gasteiger partial charge in [-0.1, -0.05) is 0 Å². The summed E-state index contributed by atoms with van der Waals surface area (Å²) in [6.07, 6.45) is 2.42. The molecular formula is C11H17NO4. The summed E-state index contributed by atoms with van der Waals surface area (Å²) in [7, 11) is 0. The number of rotatable bonds is 3. The van der Waals surface area contributed by atoms with E-state index in [9.17, 15) is 9.59 Å². The first-order valence-corrected chi connectivity index (χ1v) is 5.77. The summed E-state index contributed by atoms with van der Waals surface area (Å²) in [5.41, 5.74) is 0. The summed E-state index contributed by atoms with van der Waals surface area (Å²) in [5, 5.41) is 2.70. The van der Waals surface area contributed by atoms with Gasteiger partial charge in [-0.2, -0.15) is 0 Å². The first-order valence-electron chi connectivity index (χ1n) is 5.77. The van der Waals surface area contributed by atoms with Crippen molar-refractivity contribution in [1.82, 2.24) is 5.32 Å². The van der Waals surface area contributed by atoms with E-state index in [1.807, 2.05) is 0 Å². The molecule has 0 spiro atoms. The summed E-state index contributed by atoms with van der Waals surface area (Å²) in [5.74, 6) is -0.416. The Balaban J connectivity index is 1.83. The Hall–Kier alpha value is -1.10. The predicted molar refractivity (Wildman–Crippen MR) is 55.6 cm³/mol. The van der Waals surface area contributed by atoms with Crippen LogP contribution >= 0.6 is 0 Å². The molecule has 0 radical (unpaired) electrons. The van der Waals surface area contributed by atoms with Crippen molar-refractivity contribution in [3.63, 3.8) is 0 Å². The Morgan fingerprint density at radius 2 is 2.12 bits per heavy atom. The van der Waals surface area contributed by atoms with E-state index in [-0.39, 0.29) is 12.6 Å². The van der Waals surface area contributed by atoms with Crippen molar-refractivity contribution in [2.45, 2.75) is 25.8 Å². The van der Waals surface area contributed by atoms with Gasteiger partial charge >= 0.3 is 11.9 Å². The molecule has 16 heavy (non-hydrogen) atoms. The van der Waals surface area contributed by atoms with Gasteiger partial charge in [0.25, 0.3) is 0 Å². The molecular weight excluding hydrogens is 210 g/mol. The van der Waals surface area contributed by atoms with Gasteiger partial charge in [0, 0.05) is 5.92 Å². The van der Waals surface area contributed by atoms with Gasteiger partial charge in [0.05, 0.1) is 25.9 Å². The molecule has 2 atom stereocenters. The van der Waals surface area contributed by atoms with Crippen LogP contribution in [0.1, 0.15) is 19.8 Å². The first kappa shape index (κ1) is 11.4. The predicted octanol–water partition coefficient (Wildman–Crippen LogP) is 0.0907. The summed E-state index contributed by atoms with van der Waals surface area (Å²) in [6, 6.07) is -0.0237. The zero-order valence-corrected chi connectivity index (χ0v) is 9.40. The highest BCUT2D eigenvalue weighted by molar-refractivity contribution is 6.32. The fraction of sp³-hybridized carbons (Fsp3) is 0.818. The molecule has 90 valence electrons. The molecule has 2 unspecified atom stereocenters. The first-order chi connectivity index (χ1) is 7.72. The van der Waals surface area contributed by atoms with Gasteiger partial charge in [-0.25, -0.2) is 4.79 Å². The van der Waals surface area contributed by atoms with E-state index >= 15 is 0 Å². The highest BCUT2D eigenvalue weighted by atomic mass is 16.5. The highest BCUT2D eigenvalue weighted by Crippen LogP contribution is 2.40. The minimum Gasteiger partial charge on any atom is -0.459 e. The smallest absolute Gasteiger partial charge is 0.396 e. The molecule has 1 N–H and O–H groups in total. The Kier molecular flexibility index (Phi) is 3.43. The minimum atomic E-state index is -0.802. The molecule has 1 heterocycles. The Labute approximate surface area is 94.5 Å². The molecule has 5 nitrogen and oxygen atoms in total. The largest absolute Gasteiger partial charge is 0.459 e. The second kappa shape index (κ2) is 4.82. The van der Waals surface area contributed by atoms with Crippen molar-refractivity contribution in [2.75, 3.05) is 19.8 Å². The third kappa shape index (κ3) is 2.52. The average molecular weight is 227 g/mol. The normalized spacial score (nSPS) is 28.8. The van der Waals surface area contributed by atoms with E-state index in [4.69, 9.17) is 4.74 Å². The van der Waals surface area contributed by atoms with Gasteiger partial charge in [0.1, 0.15) is 0 Å². The van der Waals surface area contributed by atoms with Crippen molar-refractivity contribution in [2.24, 2.45) is 11.8 Å². The van der Waals surface area contributed by atoms with Crippen LogP contribution in [-0.4, -0.2) is 37.7 Å². The van der Waals surface area contributed by atoms with Gasteiger partial charge in [0.15, 0.2) is 0 Å². The monoisotopic (exact) mass is 227 g/mol. The molecule has 1 saturated carbocycles. The van der Waals surface area contributed by atoms with Gasteiger partial charge in [0.2, 0.25) is 0 Å². The van der Waals surface area contributed by atoms with E-state index in [1.54, 1.807) is 6.92 Å². The van der Waals surface area contributed by atoms with Crippen LogP contribution in [0.5, 0.6) is 0 Å². The van der Waals surface area contributed by atoms with E-state index in [0.29, 0.717) is 25.0 Å². The Morgan fingerprint density at radius 3 is 2.75 bits per heavy atom. The van der Waals surface area contributed by atoms with Crippen LogP contribution in [0.3, 0.4) is 0 Å². The second-order valence-corrected chi connectivity index (χ2v) is 4.34. The molecule has 1 aliphatic heterocycles. The third-order valence-corrected chi connectivity index (χ3v) is 3.13. The van der Waals surface area contributed by atoms with Gasteiger partial charge in [-0.15, -0.1) is 0 Å². The van der Waals surface area contributed by atoms with Crippen molar-refractivity contribution >= 4 is 11.9 Å². The molecule has 0 aromatic carbocycles. The number of nitrogens with one attached hydrogen (secondary N) is 1. The third-order valence-electron chi connectivity index (χ3n) is 3.13. The fourth-order valence-electron chi connectivity index (χ4n) is 2.13. The van der Waals surface area contributed by atoms with Crippen molar-refractivity contribution in [3.05, 3.63) is 0 Å². The fourth-order valence-corrected chi connectivity index (χ4v) is 2.13. The number of carbonyl (C=O) groups is 2. The SMILES string of the molecule is CCOC(=O)C(=O)NC1COCC1C1CC1. The van der Waals surface area contributed by atoms with E-state index < -0.39 is 11.9 Å². The summed E-state index contributed by atoms with van der Waals surface area (Å²) < 4.78 is 9.98. The van der Waals surface area contributed by atoms with E-state index in [2.05, 4.69) is 10.1 Å². The summed E-state index contributed by atoms with van der Waals surface area (Å²) in [4.78, 5) is 22.6. The molecule has 0 aromatic rings. The topological polar surface area (TPSA) is 64.6 Å². The molecule has 2 aliphatic rings. The quantitative estimate of drug-likeness (QED) is 0.548. The molecule has 2 fully saturated rings. The number of esters is 1. The lowest BCUT2D eigenvalue weighted by Crippen LogP contribution is -2.44. The Morgan fingerprint density at radius 1 is 1.38 bits per heavy atom. The molecule has 0 aromatic heterocycles. The number of amides is 1. The summed E-state index contributed by atoms with van der Waals surface area (Å²) >= 11 is 0. The van der Waals surface area contributed by atoms with E-state index in [0.717, 1.165) is 0 Å². The van der Waals surface area contributed by atoms with Crippen molar-refractivity contribution < 1.29 is 19.1 Å². The maximum atomic E-state index is 11.4. The zero-order chi connectivity index (χ0) is 11.5. The van der Waals surface area contributed by atoms with Gasteiger partial charge in [-0.3, -0.25) is 4.79 Å².